The Morgan fingerprint density at radius 3 is 2.65 bits per heavy atom. The number of rotatable bonds is 4. The highest BCUT2D eigenvalue weighted by Gasteiger charge is 2.16. The molecule has 0 heterocycles. The van der Waals surface area contributed by atoms with Gasteiger partial charge in [-0.2, -0.15) is 0 Å². The molecular weight excluding hydrogens is 208 g/mol. The lowest BCUT2D eigenvalue weighted by molar-refractivity contribution is 0.271. The van der Waals surface area contributed by atoms with Gasteiger partial charge in [-0.05, 0) is 49.9 Å². The van der Waals surface area contributed by atoms with E-state index >= 15 is 0 Å². The Morgan fingerprint density at radius 1 is 1.29 bits per heavy atom. The molecule has 1 aliphatic carbocycles. The van der Waals surface area contributed by atoms with Crippen molar-refractivity contribution in [3.8, 4) is 0 Å². The van der Waals surface area contributed by atoms with Gasteiger partial charge in [0.25, 0.3) is 0 Å². The van der Waals surface area contributed by atoms with Gasteiger partial charge in [-0.15, -0.1) is 0 Å². The van der Waals surface area contributed by atoms with E-state index in [2.05, 4.69) is 31.0 Å². The standard InChI is InChI=1S/C15H24N2/c1-12-9-14(7-8-15(12)16)11-17(2)10-13-5-3-4-6-13/h7-9,13H,3-6,10-11,16H2,1-2H3. The zero-order valence-electron chi connectivity index (χ0n) is 11.1. The quantitative estimate of drug-likeness (QED) is 0.808. The van der Waals surface area contributed by atoms with Gasteiger partial charge >= 0.3 is 0 Å². The van der Waals surface area contributed by atoms with Crippen molar-refractivity contribution in [3.63, 3.8) is 0 Å². The van der Waals surface area contributed by atoms with Crippen LogP contribution in [0.1, 0.15) is 36.8 Å². The highest BCUT2D eigenvalue weighted by Crippen LogP contribution is 2.25. The van der Waals surface area contributed by atoms with Crippen LogP contribution in [0.4, 0.5) is 5.69 Å². The van der Waals surface area contributed by atoms with Crippen LogP contribution in [0.5, 0.6) is 0 Å². The number of hydrogen-bond donors (Lipinski definition) is 1. The predicted octanol–water partition coefficient (Wildman–Crippen LogP) is 3.20. The van der Waals surface area contributed by atoms with E-state index in [1.54, 1.807) is 0 Å². The van der Waals surface area contributed by atoms with Gasteiger partial charge in [0, 0.05) is 18.8 Å². The largest absolute Gasteiger partial charge is 0.399 e. The van der Waals surface area contributed by atoms with Crippen LogP contribution in [0, 0.1) is 12.8 Å². The fourth-order valence-electron chi connectivity index (χ4n) is 2.85. The topological polar surface area (TPSA) is 29.3 Å². The molecular formula is C15H24N2. The van der Waals surface area contributed by atoms with Crippen LogP contribution in [0.15, 0.2) is 18.2 Å². The van der Waals surface area contributed by atoms with Crippen LogP contribution in [0.2, 0.25) is 0 Å². The van der Waals surface area contributed by atoms with Crippen molar-refractivity contribution in [1.29, 1.82) is 0 Å². The van der Waals surface area contributed by atoms with E-state index in [0.29, 0.717) is 0 Å². The van der Waals surface area contributed by atoms with Gasteiger partial charge in [0.15, 0.2) is 0 Å². The summed E-state index contributed by atoms with van der Waals surface area (Å²) in [5.74, 6) is 0.926. The maximum atomic E-state index is 5.84. The normalized spacial score (nSPS) is 16.9. The van der Waals surface area contributed by atoms with Gasteiger partial charge in [0.2, 0.25) is 0 Å². The number of nitrogen functional groups attached to an aromatic ring is 1. The molecule has 0 atom stereocenters. The van der Waals surface area contributed by atoms with E-state index in [1.807, 2.05) is 6.07 Å². The number of anilines is 1. The summed E-state index contributed by atoms with van der Waals surface area (Å²) in [5.41, 5.74) is 9.30. The molecule has 1 aromatic carbocycles. The van der Waals surface area contributed by atoms with Gasteiger partial charge in [0.05, 0.1) is 0 Å². The second-order valence-corrected chi connectivity index (χ2v) is 5.54. The van der Waals surface area contributed by atoms with Crippen LogP contribution >= 0.6 is 0 Å². The first-order valence-corrected chi connectivity index (χ1v) is 6.68. The lowest BCUT2D eigenvalue weighted by atomic mass is 10.1. The van der Waals surface area contributed by atoms with Crippen molar-refractivity contribution in [2.45, 2.75) is 39.2 Å². The summed E-state index contributed by atoms with van der Waals surface area (Å²) in [7, 11) is 2.23. The van der Waals surface area contributed by atoms with Crippen LogP contribution < -0.4 is 5.73 Å². The van der Waals surface area contributed by atoms with Gasteiger partial charge in [0.1, 0.15) is 0 Å². The van der Waals surface area contributed by atoms with E-state index in [9.17, 15) is 0 Å². The SMILES string of the molecule is Cc1cc(CN(C)CC2CCCC2)ccc1N. The lowest BCUT2D eigenvalue weighted by Gasteiger charge is -2.21. The third kappa shape index (κ3) is 3.47. The van der Waals surface area contributed by atoms with Crippen molar-refractivity contribution in [2.24, 2.45) is 5.92 Å². The Bertz CT molecular complexity index is 367. The molecule has 1 aromatic rings. The predicted molar refractivity (Wildman–Crippen MR) is 73.9 cm³/mol. The molecule has 1 fully saturated rings. The molecule has 17 heavy (non-hydrogen) atoms. The minimum absolute atomic E-state index is 0.896. The summed E-state index contributed by atoms with van der Waals surface area (Å²) in [6, 6.07) is 6.38. The van der Waals surface area contributed by atoms with Crippen molar-refractivity contribution < 1.29 is 0 Å². The summed E-state index contributed by atoms with van der Waals surface area (Å²) in [6.07, 6.45) is 5.70. The Kier molecular flexibility index (Phi) is 4.06. The molecule has 0 saturated heterocycles. The average molecular weight is 232 g/mol. The first-order valence-electron chi connectivity index (χ1n) is 6.68. The van der Waals surface area contributed by atoms with E-state index < -0.39 is 0 Å². The van der Waals surface area contributed by atoms with Crippen molar-refractivity contribution in [3.05, 3.63) is 29.3 Å². The van der Waals surface area contributed by atoms with Crippen LogP contribution in [0.3, 0.4) is 0 Å². The minimum atomic E-state index is 0.896. The fourth-order valence-corrected chi connectivity index (χ4v) is 2.85. The molecule has 94 valence electrons. The summed E-state index contributed by atoms with van der Waals surface area (Å²) >= 11 is 0. The summed E-state index contributed by atoms with van der Waals surface area (Å²) in [5, 5.41) is 0. The molecule has 0 aromatic heterocycles. The number of hydrogen-bond acceptors (Lipinski definition) is 2. The van der Waals surface area contributed by atoms with Gasteiger partial charge < -0.3 is 10.6 Å². The third-order valence-corrected chi connectivity index (χ3v) is 3.83. The smallest absolute Gasteiger partial charge is 0.0343 e. The molecule has 0 unspecified atom stereocenters. The maximum Gasteiger partial charge on any atom is 0.0343 e. The van der Waals surface area contributed by atoms with Crippen LogP contribution in [0.25, 0.3) is 0 Å². The first-order chi connectivity index (χ1) is 8.15. The Balaban J connectivity index is 1.88. The second-order valence-electron chi connectivity index (χ2n) is 5.54. The Labute approximate surface area is 105 Å². The first kappa shape index (κ1) is 12.4. The molecule has 0 radical (unpaired) electrons. The fraction of sp³-hybridized carbons (Fsp3) is 0.600. The number of aryl methyl sites for hydroxylation is 1. The molecule has 2 rings (SSSR count). The highest BCUT2D eigenvalue weighted by atomic mass is 15.1. The molecule has 0 spiro atoms. The summed E-state index contributed by atoms with van der Waals surface area (Å²) in [4.78, 5) is 2.45. The summed E-state index contributed by atoms with van der Waals surface area (Å²) < 4.78 is 0. The van der Waals surface area contributed by atoms with E-state index in [1.165, 1.54) is 43.4 Å². The van der Waals surface area contributed by atoms with E-state index in [-0.39, 0.29) is 0 Å². The van der Waals surface area contributed by atoms with Crippen LogP contribution in [-0.4, -0.2) is 18.5 Å². The molecule has 0 amide bonds. The number of nitrogens with two attached hydrogens (primary N) is 1. The average Bonchev–Trinajstić information content (AvgIpc) is 2.76. The molecule has 0 aliphatic heterocycles. The Hall–Kier alpha value is -1.02. The molecule has 1 aliphatic rings. The minimum Gasteiger partial charge on any atom is -0.399 e. The zero-order chi connectivity index (χ0) is 12.3. The number of nitrogens with zero attached hydrogens (tertiary/aromatic N) is 1. The second kappa shape index (κ2) is 5.54. The Morgan fingerprint density at radius 2 is 2.00 bits per heavy atom. The molecule has 0 bridgehead atoms. The van der Waals surface area contributed by atoms with E-state index in [0.717, 1.165) is 18.2 Å². The zero-order valence-corrected chi connectivity index (χ0v) is 11.1. The van der Waals surface area contributed by atoms with Gasteiger partial charge in [-0.3, -0.25) is 0 Å². The highest BCUT2D eigenvalue weighted by molar-refractivity contribution is 5.47. The third-order valence-electron chi connectivity index (χ3n) is 3.83. The van der Waals surface area contributed by atoms with Gasteiger partial charge in [-0.1, -0.05) is 25.0 Å². The van der Waals surface area contributed by atoms with Crippen molar-refractivity contribution >= 4 is 5.69 Å². The monoisotopic (exact) mass is 232 g/mol. The number of benzene rings is 1. The van der Waals surface area contributed by atoms with Crippen LogP contribution in [-0.2, 0) is 6.54 Å². The maximum absolute atomic E-state index is 5.84. The van der Waals surface area contributed by atoms with E-state index in [4.69, 9.17) is 5.73 Å². The van der Waals surface area contributed by atoms with Gasteiger partial charge in [-0.25, -0.2) is 0 Å². The van der Waals surface area contributed by atoms with Crippen molar-refractivity contribution in [1.82, 2.24) is 4.90 Å². The molecule has 2 N–H and O–H groups in total. The molecule has 2 heteroatoms. The summed E-state index contributed by atoms with van der Waals surface area (Å²) in [6.45, 7) is 4.36. The lowest BCUT2D eigenvalue weighted by Crippen LogP contribution is -2.24. The molecule has 2 nitrogen and oxygen atoms in total. The van der Waals surface area contributed by atoms with Crippen molar-refractivity contribution in [2.75, 3.05) is 19.3 Å². The molecule has 1 saturated carbocycles.